The molecule has 6 rings (SSSR count). The summed E-state index contributed by atoms with van der Waals surface area (Å²) in [5, 5.41) is 0.374. The van der Waals surface area contributed by atoms with Gasteiger partial charge in [-0.3, -0.25) is 9.59 Å². The Labute approximate surface area is 270 Å². The van der Waals surface area contributed by atoms with Crippen LogP contribution in [-0.2, 0) is 20.9 Å². The van der Waals surface area contributed by atoms with Crippen LogP contribution in [0.4, 0.5) is 0 Å². The molecular weight excluding hydrogens is 616 g/mol. The standard InChI is InChI=1S/C33H33ClN4O8/c1-41-25-12-20(13-26(42-2)30(25)43-3)27-22-14-24-23(45-18-46-24)11-19(22)10-21(15-39)28(27)33(40)44-9-7-5-4-6-8-38-17-37-32-29(38)31(34)35-16-36-32/h10-17,27-28H,4-9,18H2,1-3H3/t27-,28-/m1/s1. The average molecular weight is 649 g/mol. The van der Waals surface area contributed by atoms with Crippen LogP contribution in [0.1, 0.15) is 48.3 Å². The van der Waals surface area contributed by atoms with Gasteiger partial charge in [0, 0.05) is 18.0 Å². The Morgan fingerprint density at radius 1 is 0.978 bits per heavy atom. The van der Waals surface area contributed by atoms with Gasteiger partial charge in [-0.2, -0.15) is 0 Å². The van der Waals surface area contributed by atoms with E-state index in [-0.39, 0.29) is 13.4 Å². The molecule has 0 N–H and O–H groups in total. The van der Waals surface area contributed by atoms with Crippen molar-refractivity contribution in [2.45, 2.75) is 38.1 Å². The molecule has 2 aliphatic rings. The van der Waals surface area contributed by atoms with Crippen molar-refractivity contribution < 1.29 is 38.0 Å². The van der Waals surface area contributed by atoms with Gasteiger partial charge in [0.2, 0.25) is 12.5 Å². The number of rotatable bonds is 13. The predicted octanol–water partition coefficient (Wildman–Crippen LogP) is 5.38. The third kappa shape index (κ3) is 5.92. The molecule has 13 heteroatoms. The van der Waals surface area contributed by atoms with Gasteiger partial charge in [0.1, 0.15) is 18.1 Å². The fourth-order valence-electron chi connectivity index (χ4n) is 6.08. The minimum Gasteiger partial charge on any atom is -0.493 e. The molecular formula is C33H33ClN4O8. The summed E-state index contributed by atoms with van der Waals surface area (Å²) in [6.07, 6.45) is 8.81. The Hall–Kier alpha value is -4.84. The lowest BCUT2D eigenvalue weighted by molar-refractivity contribution is -0.148. The Morgan fingerprint density at radius 3 is 2.43 bits per heavy atom. The van der Waals surface area contributed by atoms with Gasteiger partial charge in [-0.1, -0.05) is 18.0 Å². The molecule has 12 nitrogen and oxygen atoms in total. The van der Waals surface area contributed by atoms with Gasteiger partial charge in [0.15, 0.2) is 33.8 Å². The summed E-state index contributed by atoms with van der Waals surface area (Å²) in [6, 6.07) is 7.25. The zero-order chi connectivity index (χ0) is 32.2. The van der Waals surface area contributed by atoms with E-state index in [9.17, 15) is 9.59 Å². The van der Waals surface area contributed by atoms with Crippen LogP contribution in [0.25, 0.3) is 17.2 Å². The lowest BCUT2D eigenvalue weighted by atomic mass is 9.71. The molecule has 0 saturated carbocycles. The number of halogens is 1. The maximum absolute atomic E-state index is 13.8. The molecule has 1 aliphatic carbocycles. The molecule has 240 valence electrons. The summed E-state index contributed by atoms with van der Waals surface area (Å²) in [5.74, 6) is 0.357. The zero-order valence-corrected chi connectivity index (χ0v) is 26.4. The van der Waals surface area contributed by atoms with Crippen molar-refractivity contribution in [2.75, 3.05) is 34.7 Å². The van der Waals surface area contributed by atoms with Gasteiger partial charge in [-0.15, -0.1) is 0 Å². The molecule has 4 aromatic rings. The van der Waals surface area contributed by atoms with Crippen molar-refractivity contribution in [1.82, 2.24) is 19.5 Å². The Kier molecular flexibility index (Phi) is 9.25. The highest BCUT2D eigenvalue weighted by Gasteiger charge is 2.41. The molecule has 0 unspecified atom stereocenters. The fraction of sp³-hybridized carbons (Fsp3) is 0.364. The van der Waals surface area contributed by atoms with Crippen molar-refractivity contribution in [3.05, 3.63) is 64.3 Å². The number of unbranched alkanes of at least 4 members (excludes halogenated alkanes) is 3. The van der Waals surface area contributed by atoms with Crippen LogP contribution < -0.4 is 23.7 Å². The molecule has 0 amide bonds. The summed E-state index contributed by atoms with van der Waals surface area (Å²) < 4.78 is 35.8. The predicted molar refractivity (Wildman–Crippen MR) is 168 cm³/mol. The van der Waals surface area contributed by atoms with Crippen molar-refractivity contribution in [3.8, 4) is 28.7 Å². The largest absolute Gasteiger partial charge is 0.493 e. The number of aromatic nitrogens is 4. The summed E-state index contributed by atoms with van der Waals surface area (Å²) in [4.78, 5) is 38.8. The van der Waals surface area contributed by atoms with E-state index in [1.54, 1.807) is 24.5 Å². The number of imidazole rings is 1. The Balaban J connectivity index is 1.18. The number of methoxy groups -OCH3 is 3. The molecule has 0 spiro atoms. The molecule has 2 aromatic heterocycles. The highest BCUT2D eigenvalue weighted by atomic mass is 35.5. The maximum atomic E-state index is 13.8. The zero-order valence-electron chi connectivity index (χ0n) is 25.7. The Morgan fingerprint density at radius 2 is 1.72 bits per heavy atom. The number of carbonyl (C=O) groups is 2. The number of esters is 1. The minimum atomic E-state index is -0.922. The van der Waals surface area contributed by atoms with Gasteiger partial charge >= 0.3 is 5.97 Å². The molecule has 3 heterocycles. The highest BCUT2D eigenvalue weighted by molar-refractivity contribution is 6.33. The molecule has 0 radical (unpaired) electrons. The third-order valence-corrected chi connectivity index (χ3v) is 8.54. The van der Waals surface area contributed by atoms with E-state index < -0.39 is 17.8 Å². The quantitative estimate of drug-likeness (QED) is 0.0800. The van der Waals surface area contributed by atoms with Crippen LogP contribution in [0.15, 0.2) is 42.5 Å². The number of hydrogen-bond acceptors (Lipinski definition) is 11. The summed E-state index contributed by atoms with van der Waals surface area (Å²) >= 11 is 6.23. The van der Waals surface area contributed by atoms with Gasteiger partial charge in [0.05, 0.1) is 40.2 Å². The second-order valence-electron chi connectivity index (χ2n) is 10.9. The van der Waals surface area contributed by atoms with Gasteiger partial charge in [-0.25, -0.2) is 15.0 Å². The van der Waals surface area contributed by atoms with Crippen molar-refractivity contribution in [3.63, 3.8) is 0 Å². The second-order valence-corrected chi connectivity index (χ2v) is 11.2. The first-order valence-corrected chi connectivity index (χ1v) is 15.2. The lowest BCUT2D eigenvalue weighted by Gasteiger charge is -2.32. The van der Waals surface area contributed by atoms with E-state index in [0.29, 0.717) is 69.9 Å². The maximum Gasteiger partial charge on any atom is 0.314 e. The van der Waals surface area contributed by atoms with Gasteiger partial charge in [0.25, 0.3) is 0 Å². The van der Waals surface area contributed by atoms with E-state index in [1.165, 1.54) is 27.7 Å². The topological polar surface area (TPSA) is 133 Å². The van der Waals surface area contributed by atoms with Gasteiger partial charge < -0.3 is 33.0 Å². The number of carbonyl (C=O) groups excluding carboxylic acids is 2. The highest BCUT2D eigenvalue weighted by Crippen LogP contribution is 2.50. The van der Waals surface area contributed by atoms with E-state index in [0.717, 1.165) is 35.9 Å². The van der Waals surface area contributed by atoms with Crippen LogP contribution >= 0.6 is 11.6 Å². The number of aryl methyl sites for hydroxylation is 1. The van der Waals surface area contributed by atoms with E-state index >= 15 is 0 Å². The molecule has 0 bridgehead atoms. The molecule has 0 saturated heterocycles. The molecule has 2 atom stereocenters. The van der Waals surface area contributed by atoms with Crippen LogP contribution in [0.3, 0.4) is 0 Å². The number of ether oxygens (including phenoxy) is 6. The molecule has 2 aromatic carbocycles. The monoisotopic (exact) mass is 648 g/mol. The average Bonchev–Trinajstić information content (AvgIpc) is 3.72. The van der Waals surface area contributed by atoms with Crippen LogP contribution in [-0.4, -0.2) is 66.5 Å². The smallest absolute Gasteiger partial charge is 0.314 e. The fourth-order valence-corrected chi connectivity index (χ4v) is 6.32. The number of benzene rings is 2. The van der Waals surface area contributed by atoms with Crippen LogP contribution in [0, 0.1) is 5.92 Å². The van der Waals surface area contributed by atoms with Crippen LogP contribution in [0.2, 0.25) is 5.15 Å². The van der Waals surface area contributed by atoms with E-state index in [2.05, 4.69) is 15.0 Å². The number of nitrogens with zero attached hydrogens (tertiary/aromatic N) is 4. The minimum absolute atomic E-state index is 0.0872. The molecule has 0 fully saturated rings. The van der Waals surface area contributed by atoms with Crippen LogP contribution in [0.5, 0.6) is 28.7 Å². The van der Waals surface area contributed by atoms with E-state index in [1.807, 2.05) is 16.7 Å². The summed E-state index contributed by atoms with van der Waals surface area (Å²) in [6.45, 7) is 1.02. The number of fused-ring (bicyclic) bond motifs is 3. The second kappa shape index (κ2) is 13.7. The van der Waals surface area contributed by atoms with E-state index in [4.69, 9.17) is 40.0 Å². The molecule has 46 heavy (non-hydrogen) atoms. The van der Waals surface area contributed by atoms with Crippen molar-refractivity contribution in [2.24, 2.45) is 5.92 Å². The first-order valence-electron chi connectivity index (χ1n) is 14.9. The summed E-state index contributed by atoms with van der Waals surface area (Å²) in [5.41, 5.74) is 3.79. The van der Waals surface area contributed by atoms with Gasteiger partial charge in [-0.05, 0) is 66.3 Å². The first-order chi connectivity index (χ1) is 22.5. The summed E-state index contributed by atoms with van der Waals surface area (Å²) in [7, 11) is 4.57. The Bertz CT molecular complexity index is 1780. The van der Waals surface area contributed by atoms with Crippen molar-refractivity contribution >= 4 is 41.1 Å². The molecule has 1 aliphatic heterocycles. The lowest BCUT2D eigenvalue weighted by Crippen LogP contribution is -2.31. The SMILES string of the molecule is COc1cc([C@@H]2c3cc4c(cc3C=C(C=O)[C@H]2C(=O)OCCCCCCn2cnc3ncnc(Cl)c32)OCO4)cc(OC)c1OC. The normalized spacial score (nSPS) is 16.5. The van der Waals surface area contributed by atoms with Crippen molar-refractivity contribution in [1.29, 1.82) is 0 Å². The third-order valence-electron chi connectivity index (χ3n) is 8.27. The first kappa shape index (κ1) is 31.2. The number of aldehydes is 1. The number of hydrogen-bond donors (Lipinski definition) is 0.